The van der Waals surface area contributed by atoms with E-state index in [1.807, 2.05) is 12.1 Å². The van der Waals surface area contributed by atoms with E-state index >= 15 is 0 Å². The van der Waals surface area contributed by atoms with Crippen LogP contribution in [0.25, 0.3) is 0 Å². The number of allylic oxidation sites excluding steroid dienone is 1. The molecule has 2 N–H and O–H groups in total. The summed E-state index contributed by atoms with van der Waals surface area (Å²) in [6.07, 6.45) is 2.15. The molecule has 16 heavy (non-hydrogen) atoms. The second kappa shape index (κ2) is 6.87. The molecule has 0 aliphatic rings. The average molecular weight is 232 g/mol. The van der Waals surface area contributed by atoms with Crippen molar-refractivity contribution in [3.8, 4) is 23.7 Å². The quantitative estimate of drug-likeness (QED) is 0.756. The first-order valence-corrected chi connectivity index (χ1v) is 5.57. The van der Waals surface area contributed by atoms with Crippen LogP contribution < -0.4 is 0 Å². The Labute approximate surface area is 99.3 Å². The molecule has 3 heteroatoms. The molecule has 0 fully saturated rings. The van der Waals surface area contributed by atoms with E-state index in [1.165, 1.54) is 23.5 Å². The van der Waals surface area contributed by atoms with Gasteiger partial charge in [-0.15, -0.1) is 17.3 Å². The lowest BCUT2D eigenvalue weighted by atomic mass is 10.3. The smallest absolute Gasteiger partial charge is 0.0960 e. The van der Waals surface area contributed by atoms with Crippen molar-refractivity contribution in [1.29, 1.82) is 0 Å². The van der Waals surface area contributed by atoms with Gasteiger partial charge in [0.15, 0.2) is 0 Å². The van der Waals surface area contributed by atoms with Crippen LogP contribution in [-0.4, -0.2) is 22.9 Å². The van der Waals surface area contributed by atoms with Gasteiger partial charge in [0.1, 0.15) is 0 Å². The fourth-order valence-electron chi connectivity index (χ4n) is 0.928. The minimum atomic E-state index is -0.834. The van der Waals surface area contributed by atoms with E-state index in [9.17, 15) is 0 Å². The zero-order chi connectivity index (χ0) is 11.8. The largest absolute Gasteiger partial charge is 0.393 e. The highest BCUT2D eigenvalue weighted by atomic mass is 32.1. The normalized spacial score (nSPS) is 11.4. The Kier molecular flexibility index (Phi) is 5.39. The maximum absolute atomic E-state index is 9.01. The summed E-state index contributed by atoms with van der Waals surface area (Å²) < 4.78 is 0. The van der Waals surface area contributed by atoms with Crippen LogP contribution in [0.4, 0.5) is 0 Å². The van der Waals surface area contributed by atoms with Crippen molar-refractivity contribution in [2.75, 3.05) is 6.61 Å². The molecule has 0 spiro atoms. The molecular formula is C13H12O2S. The summed E-state index contributed by atoms with van der Waals surface area (Å²) in [6.45, 7) is 1.51. The summed E-state index contributed by atoms with van der Waals surface area (Å²) in [4.78, 5) is 1.92. The first kappa shape index (κ1) is 12.5. The molecule has 0 saturated carbocycles. The summed E-state index contributed by atoms with van der Waals surface area (Å²) in [7, 11) is 0. The highest BCUT2D eigenvalue weighted by molar-refractivity contribution is 7.13. The molecule has 1 aromatic heterocycles. The molecular weight excluding hydrogens is 220 g/mol. The number of aliphatic hydroxyl groups is 2. The molecule has 0 bridgehead atoms. The maximum Gasteiger partial charge on any atom is 0.0960 e. The molecule has 0 saturated heterocycles. The zero-order valence-electron chi connectivity index (χ0n) is 8.90. The molecule has 1 unspecified atom stereocenters. The van der Waals surface area contributed by atoms with Crippen LogP contribution in [0.2, 0.25) is 0 Å². The van der Waals surface area contributed by atoms with E-state index < -0.39 is 6.10 Å². The number of rotatable bonds is 2. The lowest BCUT2D eigenvalue weighted by Gasteiger charge is -1.94. The standard InChI is InChI=1S/C13H12O2S/c1-2-5-12-8-9-13(16-12)7-4-3-6-11(15)10-14/h3,6,8-9,11,14-15H,10H2,1H3/b6-3-. The van der Waals surface area contributed by atoms with Crippen LogP contribution in [0.5, 0.6) is 0 Å². The molecule has 1 aromatic rings. The second-order valence-electron chi connectivity index (χ2n) is 2.92. The van der Waals surface area contributed by atoms with Gasteiger partial charge in [-0.25, -0.2) is 0 Å². The molecule has 1 atom stereocenters. The molecule has 82 valence electrons. The van der Waals surface area contributed by atoms with Crippen molar-refractivity contribution in [3.63, 3.8) is 0 Å². The van der Waals surface area contributed by atoms with E-state index in [4.69, 9.17) is 10.2 Å². The lowest BCUT2D eigenvalue weighted by molar-refractivity contribution is 0.131. The molecule has 2 nitrogen and oxygen atoms in total. The molecule has 0 aromatic carbocycles. The van der Waals surface area contributed by atoms with Crippen molar-refractivity contribution in [2.45, 2.75) is 13.0 Å². The van der Waals surface area contributed by atoms with E-state index in [1.54, 1.807) is 6.92 Å². The van der Waals surface area contributed by atoms with E-state index in [0.29, 0.717) is 0 Å². The summed E-state index contributed by atoms with van der Waals surface area (Å²) in [5.41, 5.74) is 0. The second-order valence-corrected chi connectivity index (χ2v) is 4.00. The topological polar surface area (TPSA) is 40.5 Å². The van der Waals surface area contributed by atoms with E-state index in [-0.39, 0.29) is 6.61 Å². The van der Waals surface area contributed by atoms with Gasteiger partial charge in [0.05, 0.1) is 22.5 Å². The number of aliphatic hydroxyl groups excluding tert-OH is 2. The fourth-order valence-corrected chi connectivity index (χ4v) is 1.70. The molecule has 0 aliphatic carbocycles. The van der Waals surface area contributed by atoms with Gasteiger partial charge in [-0.2, -0.15) is 0 Å². The number of thiophene rings is 1. The minimum Gasteiger partial charge on any atom is -0.393 e. The van der Waals surface area contributed by atoms with Crippen molar-refractivity contribution >= 4 is 11.3 Å². The Bertz CT molecular complexity index is 477. The summed E-state index contributed by atoms with van der Waals surface area (Å²) in [6, 6.07) is 3.84. The Morgan fingerprint density at radius 1 is 1.38 bits per heavy atom. The maximum atomic E-state index is 9.01. The first-order valence-electron chi connectivity index (χ1n) is 4.76. The Morgan fingerprint density at radius 2 is 2.06 bits per heavy atom. The van der Waals surface area contributed by atoms with Gasteiger partial charge < -0.3 is 10.2 Å². The first-order chi connectivity index (χ1) is 7.76. The summed E-state index contributed by atoms with van der Waals surface area (Å²) >= 11 is 1.53. The van der Waals surface area contributed by atoms with Crippen LogP contribution in [0.3, 0.4) is 0 Å². The predicted octanol–water partition coefficient (Wildman–Crippen LogP) is 1.38. The monoisotopic (exact) mass is 232 g/mol. The average Bonchev–Trinajstić information content (AvgIpc) is 2.72. The van der Waals surface area contributed by atoms with Crippen molar-refractivity contribution in [1.82, 2.24) is 0 Å². The molecule has 0 radical (unpaired) electrons. The lowest BCUT2D eigenvalue weighted by Crippen LogP contribution is -2.06. The number of hydrogen-bond acceptors (Lipinski definition) is 3. The SMILES string of the molecule is CC#Cc1ccc(C#C/C=C\C(O)CO)s1. The summed E-state index contributed by atoms with van der Waals surface area (Å²) in [5.74, 6) is 11.5. The van der Waals surface area contributed by atoms with Crippen LogP contribution in [0.15, 0.2) is 24.3 Å². The highest BCUT2D eigenvalue weighted by Gasteiger charge is 1.93. The van der Waals surface area contributed by atoms with Gasteiger partial charge in [0.25, 0.3) is 0 Å². The van der Waals surface area contributed by atoms with E-state index in [2.05, 4.69) is 23.7 Å². The Morgan fingerprint density at radius 3 is 2.69 bits per heavy atom. The van der Waals surface area contributed by atoms with E-state index in [0.717, 1.165) is 9.75 Å². The molecule has 0 aliphatic heterocycles. The van der Waals surface area contributed by atoms with Crippen molar-refractivity contribution < 1.29 is 10.2 Å². The fraction of sp³-hybridized carbons (Fsp3) is 0.231. The van der Waals surface area contributed by atoms with Crippen molar-refractivity contribution in [2.24, 2.45) is 0 Å². The third-order valence-corrected chi connectivity index (χ3v) is 2.55. The Balaban J connectivity index is 2.62. The Hall–Kier alpha value is -1.52. The summed E-state index contributed by atoms with van der Waals surface area (Å²) in [5, 5.41) is 17.6. The van der Waals surface area contributed by atoms with Crippen LogP contribution in [0.1, 0.15) is 16.7 Å². The zero-order valence-corrected chi connectivity index (χ0v) is 9.71. The molecule has 0 amide bonds. The molecule has 1 heterocycles. The third kappa shape index (κ3) is 4.33. The van der Waals surface area contributed by atoms with Crippen LogP contribution >= 0.6 is 11.3 Å². The van der Waals surface area contributed by atoms with Gasteiger partial charge in [0.2, 0.25) is 0 Å². The highest BCUT2D eigenvalue weighted by Crippen LogP contribution is 2.13. The van der Waals surface area contributed by atoms with Crippen molar-refractivity contribution in [3.05, 3.63) is 34.0 Å². The minimum absolute atomic E-state index is 0.284. The number of hydrogen-bond donors (Lipinski definition) is 2. The van der Waals surface area contributed by atoms with Crippen LogP contribution in [0, 0.1) is 23.7 Å². The third-order valence-electron chi connectivity index (χ3n) is 1.64. The van der Waals surface area contributed by atoms with Gasteiger partial charge in [-0.05, 0) is 31.2 Å². The van der Waals surface area contributed by atoms with Gasteiger partial charge >= 0.3 is 0 Å². The van der Waals surface area contributed by atoms with Gasteiger partial charge in [0, 0.05) is 0 Å². The van der Waals surface area contributed by atoms with Crippen LogP contribution in [-0.2, 0) is 0 Å². The van der Waals surface area contributed by atoms with Gasteiger partial charge in [-0.1, -0.05) is 17.8 Å². The molecule has 1 rings (SSSR count). The predicted molar refractivity (Wildman–Crippen MR) is 66.0 cm³/mol. The van der Waals surface area contributed by atoms with Gasteiger partial charge in [-0.3, -0.25) is 0 Å².